The first-order chi connectivity index (χ1) is 8.57. The van der Waals surface area contributed by atoms with Gasteiger partial charge in [-0.05, 0) is 53.4 Å². The number of nitrogens with zero attached hydrogens (tertiary/aromatic N) is 3. The fourth-order valence-corrected chi connectivity index (χ4v) is 3.75. The van der Waals surface area contributed by atoms with Crippen molar-refractivity contribution in [1.82, 2.24) is 14.7 Å². The lowest BCUT2D eigenvalue weighted by molar-refractivity contribution is -0.00123. The van der Waals surface area contributed by atoms with E-state index in [9.17, 15) is 0 Å². The third-order valence-corrected chi connectivity index (χ3v) is 4.99. The van der Waals surface area contributed by atoms with Gasteiger partial charge in [-0.1, -0.05) is 0 Å². The third-order valence-electron chi connectivity index (χ3n) is 4.99. The van der Waals surface area contributed by atoms with Gasteiger partial charge >= 0.3 is 0 Å². The van der Waals surface area contributed by atoms with Crippen LogP contribution in [0.25, 0.3) is 0 Å². The quantitative estimate of drug-likeness (QED) is 0.792. The monoisotopic (exact) mass is 254 g/mol. The molecule has 0 saturated carbocycles. The van der Waals surface area contributed by atoms with Crippen molar-refractivity contribution in [2.45, 2.75) is 37.3 Å². The molecule has 2 fully saturated rings. The highest BCUT2D eigenvalue weighted by atomic mass is 15.3. The summed E-state index contributed by atoms with van der Waals surface area (Å²) < 4.78 is 0. The molecule has 2 saturated heterocycles. The van der Waals surface area contributed by atoms with Crippen LogP contribution in [-0.4, -0.2) is 80.1 Å². The Hall–Kier alpha value is -0.160. The van der Waals surface area contributed by atoms with Gasteiger partial charge < -0.3 is 15.5 Å². The van der Waals surface area contributed by atoms with E-state index >= 15 is 0 Å². The predicted molar refractivity (Wildman–Crippen MR) is 76.8 cm³/mol. The summed E-state index contributed by atoms with van der Waals surface area (Å²) in [5.74, 6) is 0. The van der Waals surface area contributed by atoms with Crippen molar-refractivity contribution in [3.8, 4) is 0 Å². The largest absolute Gasteiger partial charge is 0.329 e. The van der Waals surface area contributed by atoms with Crippen molar-refractivity contribution in [1.29, 1.82) is 0 Å². The van der Waals surface area contributed by atoms with Gasteiger partial charge in [-0.25, -0.2) is 0 Å². The normalized spacial score (nSPS) is 33.2. The Balaban J connectivity index is 1.97. The average Bonchev–Trinajstić information content (AvgIpc) is 2.38. The smallest absolute Gasteiger partial charge is 0.0458 e. The number of nitrogens with two attached hydrogens (primary N) is 1. The summed E-state index contributed by atoms with van der Waals surface area (Å²) in [6, 6.07) is 0.761. The van der Waals surface area contributed by atoms with Gasteiger partial charge in [0.15, 0.2) is 0 Å². The molecule has 2 heterocycles. The summed E-state index contributed by atoms with van der Waals surface area (Å²) in [4.78, 5) is 7.51. The second kappa shape index (κ2) is 5.87. The Bertz CT molecular complexity index is 261. The predicted octanol–water partition coefficient (Wildman–Crippen LogP) is 0.436. The maximum Gasteiger partial charge on any atom is 0.0458 e. The zero-order valence-corrected chi connectivity index (χ0v) is 12.4. The van der Waals surface area contributed by atoms with Crippen molar-refractivity contribution in [2.75, 3.05) is 53.9 Å². The molecule has 4 heteroatoms. The molecule has 2 N–H and O–H groups in total. The molecule has 4 nitrogen and oxygen atoms in total. The molecule has 106 valence electrons. The van der Waals surface area contributed by atoms with Crippen LogP contribution in [0.15, 0.2) is 0 Å². The number of hydrogen-bond acceptors (Lipinski definition) is 4. The van der Waals surface area contributed by atoms with Crippen LogP contribution in [0.2, 0.25) is 0 Å². The van der Waals surface area contributed by atoms with Crippen molar-refractivity contribution < 1.29 is 0 Å². The van der Waals surface area contributed by atoms with Crippen LogP contribution in [0.1, 0.15) is 25.7 Å². The number of likely N-dealkylation sites (N-methyl/N-ethyl adjacent to an activating group) is 1. The number of hydrogen-bond donors (Lipinski definition) is 1. The van der Waals surface area contributed by atoms with Gasteiger partial charge in [0.2, 0.25) is 0 Å². The highest BCUT2D eigenvalue weighted by Crippen LogP contribution is 2.29. The van der Waals surface area contributed by atoms with Crippen LogP contribution >= 0.6 is 0 Å². The maximum atomic E-state index is 6.15. The van der Waals surface area contributed by atoms with Gasteiger partial charge in [-0.15, -0.1) is 0 Å². The minimum absolute atomic E-state index is 0.254. The standard InChI is InChI=1S/C14H30N4/c1-16(2)13-5-9-18(10-6-13)14(11-15)7-4-8-17(3)12-14/h13H,4-12,15H2,1-3H3. The van der Waals surface area contributed by atoms with E-state index in [4.69, 9.17) is 5.73 Å². The Morgan fingerprint density at radius 1 is 1.22 bits per heavy atom. The zero-order valence-electron chi connectivity index (χ0n) is 12.4. The number of rotatable bonds is 3. The molecule has 2 aliphatic heterocycles. The van der Waals surface area contributed by atoms with E-state index < -0.39 is 0 Å². The van der Waals surface area contributed by atoms with E-state index in [1.165, 1.54) is 45.3 Å². The molecule has 0 aromatic carbocycles. The first kappa shape index (κ1) is 14.3. The van der Waals surface area contributed by atoms with Gasteiger partial charge in [0.05, 0.1) is 0 Å². The third kappa shape index (κ3) is 2.87. The van der Waals surface area contributed by atoms with Crippen LogP contribution in [0.3, 0.4) is 0 Å². The first-order valence-corrected chi connectivity index (χ1v) is 7.37. The molecule has 0 aromatic rings. The molecule has 2 rings (SSSR count). The van der Waals surface area contributed by atoms with E-state index in [1.54, 1.807) is 0 Å². The molecule has 2 aliphatic rings. The van der Waals surface area contributed by atoms with Crippen LogP contribution < -0.4 is 5.73 Å². The summed E-state index contributed by atoms with van der Waals surface area (Å²) >= 11 is 0. The summed E-state index contributed by atoms with van der Waals surface area (Å²) in [5.41, 5.74) is 6.40. The lowest BCUT2D eigenvalue weighted by Crippen LogP contribution is -2.64. The van der Waals surface area contributed by atoms with Crippen molar-refractivity contribution in [3.63, 3.8) is 0 Å². The highest BCUT2D eigenvalue weighted by molar-refractivity contribution is 4.98. The van der Waals surface area contributed by atoms with E-state index in [0.29, 0.717) is 0 Å². The second-order valence-electron chi connectivity index (χ2n) is 6.45. The fourth-order valence-electron chi connectivity index (χ4n) is 3.75. The van der Waals surface area contributed by atoms with E-state index in [1.807, 2.05) is 0 Å². The van der Waals surface area contributed by atoms with Gasteiger partial charge in [-0.2, -0.15) is 0 Å². The highest BCUT2D eigenvalue weighted by Gasteiger charge is 2.40. The Morgan fingerprint density at radius 2 is 1.89 bits per heavy atom. The van der Waals surface area contributed by atoms with E-state index in [0.717, 1.165) is 19.1 Å². The molecule has 1 unspecified atom stereocenters. The summed E-state index contributed by atoms with van der Waals surface area (Å²) in [6.45, 7) is 5.62. The molecule has 0 aromatic heterocycles. The molecular weight excluding hydrogens is 224 g/mol. The zero-order chi connectivity index (χ0) is 13.2. The van der Waals surface area contributed by atoms with Crippen LogP contribution in [-0.2, 0) is 0 Å². The molecule has 0 aliphatic carbocycles. The Morgan fingerprint density at radius 3 is 2.39 bits per heavy atom. The molecule has 0 amide bonds. The lowest BCUT2D eigenvalue weighted by atomic mass is 9.85. The molecule has 0 bridgehead atoms. The van der Waals surface area contributed by atoms with Gasteiger partial charge in [0, 0.05) is 37.8 Å². The van der Waals surface area contributed by atoms with Gasteiger partial charge in [0.1, 0.15) is 0 Å². The van der Waals surface area contributed by atoms with E-state index in [-0.39, 0.29) is 5.54 Å². The van der Waals surface area contributed by atoms with Crippen molar-refractivity contribution >= 4 is 0 Å². The van der Waals surface area contributed by atoms with E-state index in [2.05, 4.69) is 35.8 Å². The number of piperidine rings is 2. The minimum Gasteiger partial charge on any atom is -0.329 e. The second-order valence-corrected chi connectivity index (χ2v) is 6.45. The van der Waals surface area contributed by atoms with Gasteiger partial charge in [-0.3, -0.25) is 4.90 Å². The van der Waals surface area contributed by atoms with Crippen LogP contribution in [0.4, 0.5) is 0 Å². The molecule has 1 atom stereocenters. The number of likely N-dealkylation sites (tertiary alicyclic amines) is 2. The van der Waals surface area contributed by atoms with Crippen LogP contribution in [0.5, 0.6) is 0 Å². The SMILES string of the molecule is CN1CCCC(CN)(N2CCC(N(C)C)CC2)C1. The molecule has 18 heavy (non-hydrogen) atoms. The van der Waals surface area contributed by atoms with Crippen molar-refractivity contribution in [2.24, 2.45) is 5.73 Å². The van der Waals surface area contributed by atoms with Crippen LogP contribution in [0, 0.1) is 0 Å². The average molecular weight is 254 g/mol. The summed E-state index contributed by atoms with van der Waals surface area (Å²) in [7, 11) is 6.64. The minimum atomic E-state index is 0.254. The van der Waals surface area contributed by atoms with Crippen molar-refractivity contribution in [3.05, 3.63) is 0 Å². The molecule has 0 radical (unpaired) electrons. The Labute approximate surface area is 112 Å². The molecule has 0 spiro atoms. The first-order valence-electron chi connectivity index (χ1n) is 7.37. The maximum absolute atomic E-state index is 6.15. The lowest BCUT2D eigenvalue weighted by Gasteiger charge is -2.51. The fraction of sp³-hybridized carbons (Fsp3) is 1.00. The summed E-state index contributed by atoms with van der Waals surface area (Å²) in [6.07, 6.45) is 5.15. The summed E-state index contributed by atoms with van der Waals surface area (Å²) in [5, 5.41) is 0. The van der Waals surface area contributed by atoms with Gasteiger partial charge in [0.25, 0.3) is 0 Å². The Kier molecular flexibility index (Phi) is 4.64. The molecular formula is C14H30N4. The topological polar surface area (TPSA) is 35.7 Å².